The summed E-state index contributed by atoms with van der Waals surface area (Å²) < 4.78 is 5.97. The van der Waals surface area contributed by atoms with E-state index in [-0.39, 0.29) is 23.0 Å². The lowest BCUT2D eigenvalue weighted by Gasteiger charge is -2.49. The van der Waals surface area contributed by atoms with Gasteiger partial charge in [-0.3, -0.25) is 9.69 Å². The van der Waals surface area contributed by atoms with Crippen LogP contribution in [-0.2, 0) is 14.9 Å². The number of carbonyl (C=O) groups excluding carboxylic acids is 1. The van der Waals surface area contributed by atoms with Crippen LogP contribution in [0.5, 0.6) is 0 Å². The van der Waals surface area contributed by atoms with Crippen LogP contribution >= 0.6 is 0 Å². The normalized spacial score (nSPS) is 22.0. The van der Waals surface area contributed by atoms with Crippen molar-refractivity contribution in [2.75, 3.05) is 25.0 Å². The summed E-state index contributed by atoms with van der Waals surface area (Å²) in [5.74, 6) is 0.0723. The van der Waals surface area contributed by atoms with Crippen LogP contribution in [0.4, 0.5) is 5.69 Å². The number of nitrogens with one attached hydrogen (secondary N) is 1. The number of amides is 1. The number of carbonyl (C=O) groups is 1. The SMILES string of the molecule is CC(C(=O)Nc1ccccc1C(C)(C)C)N1CCOC2(CCC2)C1. The fourth-order valence-electron chi connectivity index (χ4n) is 3.73. The van der Waals surface area contributed by atoms with E-state index >= 15 is 0 Å². The van der Waals surface area contributed by atoms with Gasteiger partial charge in [-0.05, 0) is 43.2 Å². The van der Waals surface area contributed by atoms with E-state index in [2.05, 4.69) is 37.1 Å². The molecular formula is C20H30N2O2. The lowest BCUT2D eigenvalue weighted by molar-refractivity contribution is -0.160. The number of anilines is 1. The van der Waals surface area contributed by atoms with E-state index in [1.54, 1.807) is 0 Å². The Balaban J connectivity index is 1.69. The van der Waals surface area contributed by atoms with Crippen molar-refractivity contribution in [1.29, 1.82) is 0 Å². The highest BCUT2D eigenvalue weighted by Gasteiger charge is 2.43. The quantitative estimate of drug-likeness (QED) is 0.921. The molecule has 2 aliphatic rings. The van der Waals surface area contributed by atoms with Crippen molar-refractivity contribution in [3.05, 3.63) is 29.8 Å². The zero-order valence-corrected chi connectivity index (χ0v) is 15.4. The van der Waals surface area contributed by atoms with Gasteiger partial charge in [-0.1, -0.05) is 39.0 Å². The smallest absolute Gasteiger partial charge is 0.241 e. The van der Waals surface area contributed by atoms with Crippen LogP contribution in [0.15, 0.2) is 24.3 Å². The van der Waals surface area contributed by atoms with Crippen molar-refractivity contribution >= 4 is 11.6 Å². The third-order valence-electron chi connectivity index (χ3n) is 5.46. The molecule has 1 aliphatic heterocycles. The first kappa shape index (κ1) is 17.4. The average Bonchev–Trinajstić information content (AvgIpc) is 2.52. The summed E-state index contributed by atoms with van der Waals surface area (Å²) in [6.45, 7) is 11.0. The lowest BCUT2D eigenvalue weighted by atomic mass is 9.78. The number of hydrogen-bond acceptors (Lipinski definition) is 3. The molecule has 1 amide bonds. The Morgan fingerprint density at radius 1 is 1.29 bits per heavy atom. The Hall–Kier alpha value is -1.39. The van der Waals surface area contributed by atoms with Crippen LogP contribution in [-0.4, -0.2) is 42.1 Å². The fraction of sp³-hybridized carbons (Fsp3) is 0.650. The molecule has 1 aliphatic carbocycles. The van der Waals surface area contributed by atoms with Crippen molar-refractivity contribution < 1.29 is 9.53 Å². The molecule has 1 atom stereocenters. The van der Waals surface area contributed by atoms with Crippen LogP contribution in [0.2, 0.25) is 0 Å². The monoisotopic (exact) mass is 330 g/mol. The van der Waals surface area contributed by atoms with Gasteiger partial charge in [-0.2, -0.15) is 0 Å². The number of nitrogens with zero attached hydrogens (tertiary/aromatic N) is 1. The van der Waals surface area contributed by atoms with Crippen molar-refractivity contribution in [3.8, 4) is 0 Å². The Morgan fingerprint density at radius 2 is 2.00 bits per heavy atom. The van der Waals surface area contributed by atoms with Gasteiger partial charge >= 0.3 is 0 Å². The molecule has 4 nitrogen and oxygen atoms in total. The van der Waals surface area contributed by atoms with E-state index in [0.717, 1.165) is 38.2 Å². The molecule has 1 heterocycles. The highest BCUT2D eigenvalue weighted by Crippen LogP contribution is 2.38. The first-order valence-electron chi connectivity index (χ1n) is 9.09. The number of hydrogen-bond donors (Lipinski definition) is 1. The predicted molar refractivity (Wildman–Crippen MR) is 97.3 cm³/mol. The fourth-order valence-corrected chi connectivity index (χ4v) is 3.73. The highest BCUT2D eigenvalue weighted by molar-refractivity contribution is 5.95. The Bertz CT molecular complexity index is 602. The summed E-state index contributed by atoms with van der Waals surface area (Å²) in [6, 6.07) is 7.96. The molecule has 24 heavy (non-hydrogen) atoms. The van der Waals surface area contributed by atoms with Gasteiger partial charge in [0.2, 0.25) is 5.91 Å². The molecule has 1 aromatic rings. The highest BCUT2D eigenvalue weighted by atomic mass is 16.5. The van der Waals surface area contributed by atoms with Crippen LogP contribution in [0.1, 0.15) is 52.5 Å². The molecule has 1 aromatic carbocycles. The molecule has 1 saturated carbocycles. The Labute approximate surface area is 145 Å². The van der Waals surface area contributed by atoms with Gasteiger partial charge in [0.1, 0.15) is 0 Å². The van der Waals surface area contributed by atoms with Crippen molar-refractivity contribution in [2.45, 2.75) is 64.0 Å². The van der Waals surface area contributed by atoms with Crippen molar-refractivity contribution in [1.82, 2.24) is 4.90 Å². The van der Waals surface area contributed by atoms with Gasteiger partial charge in [0.05, 0.1) is 18.2 Å². The zero-order valence-electron chi connectivity index (χ0n) is 15.4. The van der Waals surface area contributed by atoms with Crippen LogP contribution in [0.25, 0.3) is 0 Å². The van der Waals surface area contributed by atoms with Crippen LogP contribution in [0.3, 0.4) is 0 Å². The number of para-hydroxylation sites is 1. The van der Waals surface area contributed by atoms with E-state index in [1.165, 1.54) is 12.0 Å². The maximum absolute atomic E-state index is 12.8. The molecule has 1 saturated heterocycles. The predicted octanol–water partition coefficient (Wildman–Crippen LogP) is 3.57. The first-order valence-corrected chi connectivity index (χ1v) is 9.09. The summed E-state index contributed by atoms with van der Waals surface area (Å²) >= 11 is 0. The minimum absolute atomic E-state index is 0.00205. The van der Waals surface area contributed by atoms with Crippen LogP contribution in [0, 0.1) is 0 Å². The van der Waals surface area contributed by atoms with Crippen molar-refractivity contribution in [2.24, 2.45) is 0 Å². The molecule has 1 N–H and O–H groups in total. The van der Waals surface area contributed by atoms with E-state index in [4.69, 9.17) is 4.74 Å². The van der Waals surface area contributed by atoms with Crippen LogP contribution < -0.4 is 5.32 Å². The molecule has 0 aromatic heterocycles. The van der Waals surface area contributed by atoms with E-state index < -0.39 is 0 Å². The molecule has 132 valence electrons. The molecule has 4 heteroatoms. The summed E-state index contributed by atoms with van der Waals surface area (Å²) in [4.78, 5) is 15.1. The van der Waals surface area contributed by atoms with E-state index in [1.807, 2.05) is 25.1 Å². The summed E-state index contributed by atoms with van der Waals surface area (Å²) in [5.41, 5.74) is 2.12. The lowest BCUT2D eigenvalue weighted by Crippen LogP contribution is -2.59. The Morgan fingerprint density at radius 3 is 2.62 bits per heavy atom. The third kappa shape index (κ3) is 3.50. The maximum atomic E-state index is 12.8. The average molecular weight is 330 g/mol. The van der Waals surface area contributed by atoms with Crippen molar-refractivity contribution in [3.63, 3.8) is 0 Å². The molecule has 0 bridgehead atoms. The number of rotatable bonds is 3. The number of benzene rings is 1. The molecule has 1 unspecified atom stereocenters. The maximum Gasteiger partial charge on any atom is 0.241 e. The minimum atomic E-state index is -0.139. The second kappa shape index (κ2) is 6.49. The van der Waals surface area contributed by atoms with Gasteiger partial charge in [0, 0.05) is 18.8 Å². The standard InChI is InChI=1S/C20H30N2O2/c1-15(22-12-13-24-20(14-22)10-7-11-20)18(23)21-17-9-6-5-8-16(17)19(2,3)4/h5-6,8-9,15H,7,10-14H2,1-4H3,(H,21,23). The molecule has 3 rings (SSSR count). The van der Waals surface area contributed by atoms with Gasteiger partial charge in [0.15, 0.2) is 0 Å². The summed E-state index contributed by atoms with van der Waals surface area (Å²) in [5, 5.41) is 3.16. The number of morpholine rings is 1. The second-order valence-electron chi connectivity index (χ2n) is 8.32. The molecular weight excluding hydrogens is 300 g/mol. The first-order chi connectivity index (χ1) is 11.3. The molecule has 2 fully saturated rings. The van der Waals surface area contributed by atoms with Gasteiger partial charge in [-0.15, -0.1) is 0 Å². The topological polar surface area (TPSA) is 41.6 Å². The van der Waals surface area contributed by atoms with E-state index in [0.29, 0.717) is 0 Å². The second-order valence-corrected chi connectivity index (χ2v) is 8.32. The van der Waals surface area contributed by atoms with Gasteiger partial charge < -0.3 is 10.1 Å². The van der Waals surface area contributed by atoms with Gasteiger partial charge in [-0.25, -0.2) is 0 Å². The summed E-state index contributed by atoms with van der Waals surface area (Å²) in [7, 11) is 0. The van der Waals surface area contributed by atoms with E-state index in [9.17, 15) is 4.79 Å². The Kier molecular flexibility index (Phi) is 4.71. The summed E-state index contributed by atoms with van der Waals surface area (Å²) in [6.07, 6.45) is 3.50. The molecule has 0 radical (unpaired) electrons. The third-order valence-corrected chi connectivity index (χ3v) is 5.46. The number of ether oxygens (including phenoxy) is 1. The minimum Gasteiger partial charge on any atom is -0.372 e. The largest absolute Gasteiger partial charge is 0.372 e. The van der Waals surface area contributed by atoms with Gasteiger partial charge in [0.25, 0.3) is 0 Å². The zero-order chi connectivity index (χ0) is 17.4. The molecule has 1 spiro atoms.